The predicted molar refractivity (Wildman–Crippen MR) is 68.9 cm³/mol. The Morgan fingerprint density at radius 3 is 2.00 bits per heavy atom. The predicted octanol–water partition coefficient (Wildman–Crippen LogP) is 2.72. The molecular formula is C13H11Cl2NO2. The van der Waals surface area contributed by atoms with Gasteiger partial charge in [0.1, 0.15) is 4.33 Å². The first kappa shape index (κ1) is 12.0. The van der Waals surface area contributed by atoms with Crippen molar-refractivity contribution >= 4 is 35.0 Å². The van der Waals surface area contributed by atoms with E-state index in [9.17, 15) is 9.59 Å². The molecule has 1 saturated carbocycles. The van der Waals surface area contributed by atoms with Crippen LogP contribution in [0.3, 0.4) is 0 Å². The monoisotopic (exact) mass is 283 g/mol. The molecule has 5 heteroatoms. The van der Waals surface area contributed by atoms with Crippen LogP contribution in [0.15, 0.2) is 24.3 Å². The smallest absolute Gasteiger partial charge is 0.261 e. The lowest BCUT2D eigenvalue weighted by atomic mass is 10.1. The van der Waals surface area contributed by atoms with E-state index in [4.69, 9.17) is 23.2 Å². The van der Waals surface area contributed by atoms with E-state index in [0.717, 1.165) is 0 Å². The molecule has 0 aromatic heterocycles. The average molecular weight is 284 g/mol. The zero-order valence-electron chi connectivity index (χ0n) is 9.69. The molecule has 1 fully saturated rings. The number of amides is 2. The Morgan fingerprint density at radius 1 is 1.17 bits per heavy atom. The maximum Gasteiger partial charge on any atom is 0.261 e. The molecular weight excluding hydrogens is 273 g/mol. The lowest BCUT2D eigenvalue weighted by Gasteiger charge is -2.13. The molecule has 1 heterocycles. The molecule has 0 radical (unpaired) electrons. The van der Waals surface area contributed by atoms with Crippen molar-refractivity contribution in [1.82, 2.24) is 4.90 Å². The number of imide groups is 1. The van der Waals surface area contributed by atoms with Crippen molar-refractivity contribution < 1.29 is 9.59 Å². The Labute approximate surface area is 115 Å². The third kappa shape index (κ3) is 1.50. The Balaban J connectivity index is 1.85. The minimum Gasteiger partial charge on any atom is -0.274 e. The second kappa shape index (κ2) is 3.72. The fourth-order valence-corrected chi connectivity index (χ4v) is 3.14. The summed E-state index contributed by atoms with van der Waals surface area (Å²) >= 11 is 12.1. The molecule has 1 aliphatic heterocycles. The Bertz CT molecular complexity index is 521. The van der Waals surface area contributed by atoms with Gasteiger partial charge in [-0.2, -0.15) is 0 Å². The number of hydrogen-bond donors (Lipinski definition) is 0. The van der Waals surface area contributed by atoms with Gasteiger partial charge in [0.05, 0.1) is 11.1 Å². The van der Waals surface area contributed by atoms with E-state index in [1.807, 2.05) is 6.92 Å². The first-order chi connectivity index (χ1) is 8.44. The number of carbonyl (C=O) groups is 2. The molecule has 0 spiro atoms. The summed E-state index contributed by atoms with van der Waals surface area (Å²) in [6.45, 7) is 2.21. The van der Waals surface area contributed by atoms with Crippen LogP contribution in [0.4, 0.5) is 0 Å². The van der Waals surface area contributed by atoms with Crippen molar-refractivity contribution in [1.29, 1.82) is 0 Å². The molecule has 3 rings (SSSR count). The highest BCUT2D eigenvalue weighted by Gasteiger charge is 2.61. The first-order valence-electron chi connectivity index (χ1n) is 5.77. The van der Waals surface area contributed by atoms with E-state index in [0.29, 0.717) is 17.7 Å². The van der Waals surface area contributed by atoms with Crippen LogP contribution in [-0.4, -0.2) is 27.6 Å². The first-order valence-corrected chi connectivity index (χ1v) is 6.53. The normalized spacial score (nSPS) is 28.5. The van der Waals surface area contributed by atoms with Crippen LogP contribution in [0.1, 0.15) is 27.6 Å². The van der Waals surface area contributed by atoms with Gasteiger partial charge in [0.15, 0.2) is 0 Å². The second-order valence-electron chi connectivity index (χ2n) is 4.84. The van der Waals surface area contributed by atoms with Crippen molar-refractivity contribution in [3.63, 3.8) is 0 Å². The van der Waals surface area contributed by atoms with Gasteiger partial charge in [-0.1, -0.05) is 19.1 Å². The average Bonchev–Trinajstić information content (AvgIpc) is 2.71. The van der Waals surface area contributed by atoms with E-state index in [1.54, 1.807) is 24.3 Å². The second-order valence-corrected chi connectivity index (χ2v) is 6.28. The highest BCUT2D eigenvalue weighted by molar-refractivity contribution is 6.51. The van der Waals surface area contributed by atoms with Crippen molar-refractivity contribution in [2.45, 2.75) is 11.3 Å². The number of hydrogen-bond acceptors (Lipinski definition) is 2. The number of rotatable bonds is 2. The summed E-state index contributed by atoms with van der Waals surface area (Å²) in [5.41, 5.74) is 0.927. The summed E-state index contributed by atoms with van der Waals surface area (Å²) in [6.07, 6.45) is 0. The quantitative estimate of drug-likeness (QED) is 0.618. The number of fused-ring (bicyclic) bond motifs is 1. The molecule has 2 amide bonds. The van der Waals surface area contributed by atoms with Gasteiger partial charge in [-0.05, 0) is 18.1 Å². The minimum atomic E-state index is -0.810. The molecule has 0 bridgehead atoms. The maximum atomic E-state index is 12.1. The molecule has 1 aromatic rings. The van der Waals surface area contributed by atoms with Gasteiger partial charge in [0, 0.05) is 12.5 Å². The summed E-state index contributed by atoms with van der Waals surface area (Å²) in [6, 6.07) is 6.84. The number of alkyl halides is 2. The van der Waals surface area contributed by atoms with Crippen molar-refractivity contribution in [3.05, 3.63) is 35.4 Å². The van der Waals surface area contributed by atoms with E-state index in [-0.39, 0.29) is 23.7 Å². The van der Waals surface area contributed by atoms with Gasteiger partial charge in [0.2, 0.25) is 0 Å². The van der Waals surface area contributed by atoms with Crippen molar-refractivity contribution in [2.24, 2.45) is 11.8 Å². The van der Waals surface area contributed by atoms with Gasteiger partial charge in [-0.3, -0.25) is 14.5 Å². The van der Waals surface area contributed by atoms with Crippen LogP contribution >= 0.6 is 23.2 Å². The topological polar surface area (TPSA) is 37.4 Å². The SMILES string of the molecule is C[C@@H]1[C@H](CN2C(=O)c3ccccc3C2=O)C1(Cl)Cl. The zero-order chi connectivity index (χ0) is 13.1. The Morgan fingerprint density at radius 2 is 1.61 bits per heavy atom. The fourth-order valence-electron chi connectivity index (χ4n) is 2.44. The number of nitrogens with zero attached hydrogens (tertiary/aromatic N) is 1. The summed E-state index contributed by atoms with van der Waals surface area (Å²) in [4.78, 5) is 25.5. The van der Waals surface area contributed by atoms with Gasteiger partial charge >= 0.3 is 0 Å². The highest BCUT2D eigenvalue weighted by Crippen LogP contribution is 2.59. The summed E-state index contributed by atoms with van der Waals surface area (Å²) in [7, 11) is 0. The molecule has 1 aromatic carbocycles. The Kier molecular flexibility index (Phi) is 2.48. The van der Waals surface area contributed by atoms with E-state index in [2.05, 4.69) is 0 Å². The lowest BCUT2D eigenvalue weighted by molar-refractivity contribution is 0.0645. The third-order valence-electron chi connectivity index (χ3n) is 3.85. The zero-order valence-corrected chi connectivity index (χ0v) is 11.2. The highest BCUT2D eigenvalue weighted by atomic mass is 35.5. The number of benzene rings is 1. The summed E-state index contributed by atoms with van der Waals surface area (Å²) in [5.74, 6) is -0.439. The minimum absolute atomic E-state index is 0.0388. The van der Waals surface area contributed by atoms with Gasteiger partial charge in [0.25, 0.3) is 11.8 Å². The molecule has 94 valence electrons. The van der Waals surface area contributed by atoms with Crippen LogP contribution in [-0.2, 0) is 0 Å². The van der Waals surface area contributed by atoms with Crippen molar-refractivity contribution in [2.75, 3.05) is 6.54 Å². The van der Waals surface area contributed by atoms with Crippen LogP contribution in [0.5, 0.6) is 0 Å². The third-order valence-corrected chi connectivity index (χ3v) is 5.10. The standard InChI is InChI=1S/C13H11Cl2NO2/c1-7-10(13(7,14)15)6-16-11(17)8-4-2-3-5-9(8)12(16)18/h2-5,7,10H,6H2,1H3/t7-,10+/m1/s1. The van der Waals surface area contributed by atoms with E-state index >= 15 is 0 Å². The largest absolute Gasteiger partial charge is 0.274 e. The molecule has 1 aliphatic carbocycles. The van der Waals surface area contributed by atoms with Crippen LogP contribution < -0.4 is 0 Å². The molecule has 3 nitrogen and oxygen atoms in total. The summed E-state index contributed by atoms with van der Waals surface area (Å²) < 4.78 is -0.810. The van der Waals surface area contributed by atoms with E-state index in [1.165, 1.54) is 4.90 Å². The Hall–Kier alpha value is -1.06. The van der Waals surface area contributed by atoms with E-state index < -0.39 is 4.33 Å². The molecule has 2 atom stereocenters. The van der Waals surface area contributed by atoms with Crippen LogP contribution in [0.25, 0.3) is 0 Å². The van der Waals surface area contributed by atoms with Gasteiger partial charge in [-0.25, -0.2) is 0 Å². The lowest BCUT2D eigenvalue weighted by Crippen LogP contribution is -2.32. The molecule has 0 saturated heterocycles. The van der Waals surface area contributed by atoms with Gasteiger partial charge < -0.3 is 0 Å². The van der Waals surface area contributed by atoms with Gasteiger partial charge in [-0.15, -0.1) is 23.2 Å². The summed E-state index contributed by atoms with van der Waals surface area (Å²) in [5, 5.41) is 0. The van der Waals surface area contributed by atoms with Crippen LogP contribution in [0.2, 0.25) is 0 Å². The van der Waals surface area contributed by atoms with Crippen molar-refractivity contribution in [3.8, 4) is 0 Å². The molecule has 0 N–H and O–H groups in total. The maximum absolute atomic E-state index is 12.1. The number of carbonyl (C=O) groups excluding carboxylic acids is 2. The van der Waals surface area contributed by atoms with Crippen LogP contribution in [0, 0.1) is 11.8 Å². The fraction of sp³-hybridized carbons (Fsp3) is 0.385. The molecule has 0 unspecified atom stereocenters. The molecule has 18 heavy (non-hydrogen) atoms. The molecule has 2 aliphatic rings. The number of halogens is 2.